The van der Waals surface area contributed by atoms with Crippen LogP contribution < -0.4 is 4.74 Å². The molecule has 2 aromatic rings. The number of amides is 1. The number of hydrogen-bond acceptors (Lipinski definition) is 5. The van der Waals surface area contributed by atoms with Gasteiger partial charge in [-0.3, -0.25) is 9.59 Å². The van der Waals surface area contributed by atoms with E-state index < -0.39 is 9.84 Å². The lowest BCUT2D eigenvalue weighted by Gasteiger charge is -2.28. The molecule has 1 fully saturated rings. The van der Waals surface area contributed by atoms with Gasteiger partial charge < -0.3 is 9.64 Å². The average molecular weight is 401 g/mol. The molecule has 28 heavy (non-hydrogen) atoms. The van der Waals surface area contributed by atoms with Crippen LogP contribution >= 0.6 is 0 Å². The van der Waals surface area contributed by atoms with Gasteiger partial charge in [-0.15, -0.1) is 0 Å². The number of ether oxygens (including phenoxy) is 1. The summed E-state index contributed by atoms with van der Waals surface area (Å²) in [6, 6.07) is 15.7. The zero-order valence-electron chi connectivity index (χ0n) is 15.7. The third kappa shape index (κ3) is 5.19. The third-order valence-electron chi connectivity index (χ3n) is 4.79. The van der Waals surface area contributed by atoms with Crippen LogP contribution in [-0.2, 0) is 21.2 Å². The number of benzene rings is 2. The second-order valence-electron chi connectivity index (χ2n) is 6.93. The Hall–Kier alpha value is -2.67. The van der Waals surface area contributed by atoms with Crippen molar-refractivity contribution in [1.82, 2.24) is 4.90 Å². The molecule has 148 valence electrons. The second kappa shape index (κ2) is 8.56. The van der Waals surface area contributed by atoms with Crippen molar-refractivity contribution in [3.63, 3.8) is 0 Å². The lowest BCUT2D eigenvalue weighted by molar-refractivity contribution is -0.136. The minimum Gasteiger partial charge on any atom is -0.484 e. The topological polar surface area (TPSA) is 80.8 Å². The normalized spacial score (nSPS) is 17.8. The van der Waals surface area contributed by atoms with E-state index in [9.17, 15) is 18.0 Å². The van der Waals surface area contributed by atoms with Gasteiger partial charge in [-0.25, -0.2) is 8.42 Å². The van der Waals surface area contributed by atoms with Crippen LogP contribution in [0.25, 0.3) is 0 Å². The summed E-state index contributed by atoms with van der Waals surface area (Å²) >= 11 is 0. The van der Waals surface area contributed by atoms with Crippen molar-refractivity contribution >= 4 is 21.5 Å². The number of ketones is 1. The van der Waals surface area contributed by atoms with E-state index in [1.54, 1.807) is 29.2 Å². The standard InChI is InChI=1S/C21H23NO5S/c1-16(23)18-7-9-20(10-8-18)27-14-21(24)22(13-17-5-3-2-4-6-17)19-11-12-28(25,26)15-19/h2-10,19H,11-15H2,1H3. The number of hydrogen-bond donors (Lipinski definition) is 0. The number of nitrogens with zero attached hydrogens (tertiary/aromatic N) is 1. The SMILES string of the molecule is CC(=O)c1ccc(OCC(=O)N(Cc2ccccc2)C2CCS(=O)(=O)C2)cc1. The molecule has 1 saturated heterocycles. The molecular weight excluding hydrogens is 378 g/mol. The van der Waals surface area contributed by atoms with Gasteiger partial charge in [-0.05, 0) is 43.2 Å². The number of carbonyl (C=O) groups excluding carboxylic acids is 2. The molecule has 0 bridgehead atoms. The highest BCUT2D eigenvalue weighted by atomic mass is 32.2. The maximum absolute atomic E-state index is 12.8. The summed E-state index contributed by atoms with van der Waals surface area (Å²) in [4.78, 5) is 25.8. The molecule has 1 unspecified atom stereocenters. The van der Waals surface area contributed by atoms with E-state index in [1.807, 2.05) is 30.3 Å². The van der Waals surface area contributed by atoms with Gasteiger partial charge in [-0.2, -0.15) is 0 Å². The first-order chi connectivity index (χ1) is 13.3. The van der Waals surface area contributed by atoms with Crippen LogP contribution in [0.3, 0.4) is 0 Å². The minimum atomic E-state index is -3.11. The van der Waals surface area contributed by atoms with Crippen LogP contribution in [0, 0.1) is 0 Å². The Bertz CT molecular complexity index is 939. The predicted octanol–water partition coefficient (Wildman–Crippen LogP) is 2.48. The number of carbonyl (C=O) groups is 2. The number of sulfone groups is 1. The van der Waals surface area contributed by atoms with Crippen molar-refractivity contribution < 1.29 is 22.7 Å². The minimum absolute atomic E-state index is 0.0150. The molecule has 0 saturated carbocycles. The summed E-state index contributed by atoms with van der Waals surface area (Å²) in [6.45, 7) is 1.63. The molecule has 0 N–H and O–H groups in total. The molecule has 2 aromatic carbocycles. The summed E-state index contributed by atoms with van der Waals surface area (Å²) < 4.78 is 29.4. The summed E-state index contributed by atoms with van der Waals surface area (Å²) in [5, 5.41) is 0. The van der Waals surface area contributed by atoms with E-state index >= 15 is 0 Å². The number of Topliss-reactive ketones (excluding diaryl/α,β-unsaturated/α-hetero) is 1. The molecule has 1 atom stereocenters. The van der Waals surface area contributed by atoms with Gasteiger partial charge in [0.05, 0.1) is 11.5 Å². The first-order valence-corrected chi connectivity index (χ1v) is 10.9. The van der Waals surface area contributed by atoms with Crippen molar-refractivity contribution in [3.8, 4) is 5.75 Å². The third-order valence-corrected chi connectivity index (χ3v) is 6.54. The van der Waals surface area contributed by atoms with Gasteiger partial charge in [0.1, 0.15) is 5.75 Å². The molecule has 0 aromatic heterocycles. The zero-order valence-corrected chi connectivity index (χ0v) is 16.5. The van der Waals surface area contributed by atoms with Crippen molar-refractivity contribution in [2.24, 2.45) is 0 Å². The van der Waals surface area contributed by atoms with Gasteiger partial charge in [-0.1, -0.05) is 30.3 Å². The van der Waals surface area contributed by atoms with E-state index in [1.165, 1.54) is 6.92 Å². The largest absolute Gasteiger partial charge is 0.484 e. The Morgan fingerprint density at radius 3 is 2.32 bits per heavy atom. The van der Waals surface area contributed by atoms with Crippen molar-refractivity contribution in [3.05, 3.63) is 65.7 Å². The molecule has 1 heterocycles. The predicted molar refractivity (Wildman–Crippen MR) is 106 cm³/mol. The monoisotopic (exact) mass is 401 g/mol. The molecule has 1 amide bonds. The van der Waals surface area contributed by atoms with E-state index in [0.717, 1.165) is 5.56 Å². The second-order valence-corrected chi connectivity index (χ2v) is 9.16. The Kier molecular flexibility index (Phi) is 6.14. The maximum atomic E-state index is 12.8. The van der Waals surface area contributed by atoms with Crippen LogP contribution in [-0.4, -0.2) is 49.2 Å². The highest BCUT2D eigenvalue weighted by Gasteiger charge is 2.34. The van der Waals surface area contributed by atoms with Crippen molar-refractivity contribution in [1.29, 1.82) is 0 Å². The summed E-state index contributed by atoms with van der Waals surface area (Å²) in [5.41, 5.74) is 1.51. The molecule has 1 aliphatic heterocycles. The first-order valence-electron chi connectivity index (χ1n) is 9.12. The van der Waals surface area contributed by atoms with Crippen molar-refractivity contribution in [2.75, 3.05) is 18.1 Å². The quantitative estimate of drug-likeness (QED) is 0.666. The van der Waals surface area contributed by atoms with Crippen LogP contribution in [0.2, 0.25) is 0 Å². The Labute approximate surface area is 165 Å². The smallest absolute Gasteiger partial charge is 0.261 e. The highest BCUT2D eigenvalue weighted by molar-refractivity contribution is 7.91. The van der Waals surface area contributed by atoms with E-state index in [-0.39, 0.29) is 35.8 Å². The highest BCUT2D eigenvalue weighted by Crippen LogP contribution is 2.21. The Balaban J connectivity index is 1.69. The van der Waals surface area contributed by atoms with Crippen LogP contribution in [0.5, 0.6) is 5.75 Å². The molecule has 0 radical (unpaired) electrons. The molecule has 1 aliphatic rings. The maximum Gasteiger partial charge on any atom is 0.261 e. The van der Waals surface area contributed by atoms with Gasteiger partial charge in [0.2, 0.25) is 0 Å². The van der Waals surface area contributed by atoms with Gasteiger partial charge in [0.15, 0.2) is 22.2 Å². The van der Waals surface area contributed by atoms with E-state index in [4.69, 9.17) is 4.74 Å². The van der Waals surface area contributed by atoms with Gasteiger partial charge in [0.25, 0.3) is 5.91 Å². The van der Waals surface area contributed by atoms with Crippen LogP contribution in [0.1, 0.15) is 29.3 Å². The molecule has 7 heteroatoms. The lowest BCUT2D eigenvalue weighted by atomic mass is 10.1. The first kappa shape index (κ1) is 20.1. The fourth-order valence-electron chi connectivity index (χ4n) is 3.24. The zero-order chi connectivity index (χ0) is 20.1. The summed E-state index contributed by atoms with van der Waals surface area (Å²) in [5.74, 6) is 0.264. The molecular formula is C21H23NO5S. The van der Waals surface area contributed by atoms with Crippen LogP contribution in [0.15, 0.2) is 54.6 Å². The summed E-state index contributed by atoms with van der Waals surface area (Å²) in [7, 11) is -3.11. The fraction of sp³-hybridized carbons (Fsp3) is 0.333. The number of rotatable bonds is 7. The van der Waals surface area contributed by atoms with Crippen LogP contribution in [0.4, 0.5) is 0 Å². The Morgan fingerprint density at radius 2 is 1.75 bits per heavy atom. The molecule has 0 spiro atoms. The molecule has 6 nitrogen and oxygen atoms in total. The lowest BCUT2D eigenvalue weighted by Crippen LogP contribution is -2.43. The van der Waals surface area contributed by atoms with E-state index in [0.29, 0.717) is 24.3 Å². The average Bonchev–Trinajstić information content (AvgIpc) is 3.04. The Morgan fingerprint density at radius 1 is 1.07 bits per heavy atom. The van der Waals surface area contributed by atoms with Gasteiger partial charge in [0, 0.05) is 18.2 Å². The molecule has 3 rings (SSSR count). The van der Waals surface area contributed by atoms with Crippen molar-refractivity contribution in [2.45, 2.75) is 25.9 Å². The molecule has 0 aliphatic carbocycles. The van der Waals surface area contributed by atoms with Gasteiger partial charge >= 0.3 is 0 Å². The fourth-order valence-corrected chi connectivity index (χ4v) is 4.97. The summed E-state index contributed by atoms with van der Waals surface area (Å²) in [6.07, 6.45) is 0.439. The van der Waals surface area contributed by atoms with E-state index in [2.05, 4.69) is 0 Å².